The molecule has 0 radical (unpaired) electrons. The van der Waals surface area contributed by atoms with Crippen molar-refractivity contribution in [1.29, 1.82) is 0 Å². The lowest BCUT2D eigenvalue weighted by atomic mass is 9.91. The molecular formula is C15H21NO3. The van der Waals surface area contributed by atoms with Crippen LogP contribution in [0.1, 0.15) is 41.6 Å². The molecule has 0 aromatic heterocycles. The second kappa shape index (κ2) is 5.61. The Bertz CT molecular complexity index is 472. The van der Waals surface area contributed by atoms with Gasteiger partial charge in [0.15, 0.2) is 0 Å². The van der Waals surface area contributed by atoms with E-state index in [4.69, 9.17) is 0 Å². The van der Waals surface area contributed by atoms with Gasteiger partial charge in [0.05, 0.1) is 23.4 Å². The van der Waals surface area contributed by atoms with Gasteiger partial charge in [0.2, 0.25) is 0 Å². The van der Waals surface area contributed by atoms with Crippen LogP contribution in [0.25, 0.3) is 0 Å². The van der Waals surface area contributed by atoms with E-state index in [0.29, 0.717) is 11.3 Å². The summed E-state index contributed by atoms with van der Waals surface area (Å²) < 4.78 is 0. The predicted octanol–water partition coefficient (Wildman–Crippen LogP) is 2.43. The molecule has 2 N–H and O–H groups in total. The highest BCUT2D eigenvalue weighted by molar-refractivity contribution is 5.94. The summed E-state index contributed by atoms with van der Waals surface area (Å²) in [4.78, 5) is 13.3. The summed E-state index contributed by atoms with van der Waals surface area (Å²) in [6.45, 7) is 1.88. The summed E-state index contributed by atoms with van der Waals surface area (Å²) in [6.07, 6.45) is 3.46. The minimum Gasteiger partial charge on any atom is -0.478 e. The highest BCUT2D eigenvalue weighted by Crippen LogP contribution is 2.29. The largest absolute Gasteiger partial charge is 0.478 e. The molecule has 0 aliphatic heterocycles. The number of anilines is 1. The third-order valence-electron chi connectivity index (χ3n) is 3.95. The van der Waals surface area contributed by atoms with Gasteiger partial charge in [0.1, 0.15) is 0 Å². The molecular weight excluding hydrogens is 242 g/mol. The van der Waals surface area contributed by atoms with Gasteiger partial charge in [-0.15, -0.1) is 0 Å². The van der Waals surface area contributed by atoms with Crippen LogP contribution in [0.3, 0.4) is 0 Å². The molecule has 0 bridgehead atoms. The molecule has 2 unspecified atom stereocenters. The summed E-state index contributed by atoms with van der Waals surface area (Å²) in [6, 6.07) is 5.44. The molecule has 19 heavy (non-hydrogen) atoms. The molecule has 0 heterocycles. The molecule has 1 aliphatic carbocycles. The van der Waals surface area contributed by atoms with Crippen LogP contribution in [-0.4, -0.2) is 35.4 Å². The summed E-state index contributed by atoms with van der Waals surface area (Å²) in [5.74, 6) is -0.921. The number of aliphatic hydroxyl groups is 1. The Morgan fingerprint density at radius 2 is 2.00 bits per heavy atom. The van der Waals surface area contributed by atoms with Crippen LogP contribution in [0.15, 0.2) is 18.2 Å². The zero-order valence-corrected chi connectivity index (χ0v) is 11.5. The average Bonchev–Trinajstić information content (AvgIpc) is 2.38. The van der Waals surface area contributed by atoms with Gasteiger partial charge < -0.3 is 15.1 Å². The number of hydrogen-bond donors (Lipinski definition) is 2. The highest BCUT2D eigenvalue weighted by Gasteiger charge is 2.28. The Morgan fingerprint density at radius 1 is 1.32 bits per heavy atom. The molecule has 1 fully saturated rings. The minimum absolute atomic E-state index is 0.00885. The minimum atomic E-state index is -0.921. The second-order valence-corrected chi connectivity index (χ2v) is 5.36. The fourth-order valence-corrected chi connectivity index (χ4v) is 2.85. The number of likely N-dealkylation sites (N-methyl/N-ethyl adjacent to an activating group) is 1. The third kappa shape index (κ3) is 2.89. The Labute approximate surface area is 113 Å². The van der Waals surface area contributed by atoms with Crippen LogP contribution in [0.2, 0.25) is 0 Å². The Morgan fingerprint density at radius 3 is 2.63 bits per heavy atom. The smallest absolute Gasteiger partial charge is 0.337 e. The molecule has 0 saturated heterocycles. The summed E-state index contributed by atoms with van der Waals surface area (Å²) in [5, 5.41) is 19.4. The lowest BCUT2D eigenvalue weighted by Crippen LogP contribution is -2.44. The number of aliphatic hydroxyl groups excluding tert-OH is 1. The molecule has 104 valence electrons. The van der Waals surface area contributed by atoms with E-state index in [0.717, 1.165) is 31.2 Å². The lowest BCUT2D eigenvalue weighted by Gasteiger charge is -2.37. The van der Waals surface area contributed by atoms with Gasteiger partial charge in [-0.05, 0) is 31.9 Å². The number of benzene rings is 1. The topological polar surface area (TPSA) is 60.8 Å². The number of nitrogens with zero attached hydrogens (tertiary/aromatic N) is 1. The van der Waals surface area contributed by atoms with Crippen LogP contribution in [-0.2, 0) is 0 Å². The maximum atomic E-state index is 11.4. The van der Waals surface area contributed by atoms with Gasteiger partial charge in [-0.2, -0.15) is 0 Å². The Kier molecular flexibility index (Phi) is 4.10. The molecule has 0 amide bonds. The predicted molar refractivity (Wildman–Crippen MR) is 74.8 cm³/mol. The Hall–Kier alpha value is -1.55. The highest BCUT2D eigenvalue weighted by atomic mass is 16.4. The first kappa shape index (κ1) is 13.9. The van der Waals surface area contributed by atoms with Crippen molar-refractivity contribution in [3.05, 3.63) is 29.3 Å². The van der Waals surface area contributed by atoms with Crippen molar-refractivity contribution in [1.82, 2.24) is 0 Å². The number of aryl methyl sites for hydroxylation is 1. The second-order valence-electron chi connectivity index (χ2n) is 5.36. The normalized spacial score (nSPS) is 23.1. The number of carboxylic acids is 1. The molecule has 2 rings (SSSR count). The van der Waals surface area contributed by atoms with Gasteiger partial charge >= 0.3 is 5.97 Å². The van der Waals surface area contributed by atoms with Crippen LogP contribution < -0.4 is 4.90 Å². The maximum absolute atomic E-state index is 11.4. The average molecular weight is 263 g/mol. The number of carbonyl (C=O) groups is 1. The number of rotatable bonds is 3. The standard InChI is InChI=1S/C15H21NO3/c1-10-7-8-12(11(9-10)15(18)19)16(2)13-5-3-4-6-14(13)17/h7-9,13-14,17H,3-6H2,1-2H3,(H,18,19). The first-order valence-corrected chi connectivity index (χ1v) is 6.75. The van der Waals surface area contributed by atoms with E-state index in [9.17, 15) is 15.0 Å². The van der Waals surface area contributed by atoms with Crippen molar-refractivity contribution in [2.75, 3.05) is 11.9 Å². The molecule has 0 spiro atoms. The number of hydrogen-bond acceptors (Lipinski definition) is 3. The van der Waals surface area contributed by atoms with E-state index >= 15 is 0 Å². The van der Waals surface area contributed by atoms with Crippen molar-refractivity contribution < 1.29 is 15.0 Å². The van der Waals surface area contributed by atoms with Crippen LogP contribution in [0, 0.1) is 6.92 Å². The van der Waals surface area contributed by atoms with E-state index in [-0.39, 0.29) is 12.1 Å². The van der Waals surface area contributed by atoms with Crippen molar-refractivity contribution in [3.63, 3.8) is 0 Å². The van der Waals surface area contributed by atoms with Gasteiger partial charge in [0, 0.05) is 7.05 Å². The molecule has 1 aromatic rings. The monoisotopic (exact) mass is 263 g/mol. The third-order valence-corrected chi connectivity index (χ3v) is 3.95. The van der Waals surface area contributed by atoms with E-state index in [2.05, 4.69) is 0 Å². The van der Waals surface area contributed by atoms with Crippen molar-refractivity contribution in [2.45, 2.75) is 44.8 Å². The lowest BCUT2D eigenvalue weighted by molar-refractivity contribution is 0.0695. The maximum Gasteiger partial charge on any atom is 0.337 e. The zero-order valence-electron chi connectivity index (χ0n) is 11.5. The first-order valence-electron chi connectivity index (χ1n) is 6.75. The van der Waals surface area contributed by atoms with E-state index < -0.39 is 5.97 Å². The van der Waals surface area contributed by atoms with Gasteiger partial charge in [-0.3, -0.25) is 0 Å². The van der Waals surface area contributed by atoms with Gasteiger partial charge in [-0.1, -0.05) is 24.5 Å². The molecule has 4 heteroatoms. The zero-order chi connectivity index (χ0) is 14.0. The molecule has 1 aromatic carbocycles. The van der Waals surface area contributed by atoms with Crippen molar-refractivity contribution >= 4 is 11.7 Å². The fraction of sp³-hybridized carbons (Fsp3) is 0.533. The van der Waals surface area contributed by atoms with Crippen molar-refractivity contribution in [2.24, 2.45) is 0 Å². The van der Waals surface area contributed by atoms with Gasteiger partial charge in [0.25, 0.3) is 0 Å². The molecule has 1 aliphatic rings. The summed E-state index contributed by atoms with van der Waals surface area (Å²) in [7, 11) is 1.87. The summed E-state index contributed by atoms with van der Waals surface area (Å²) in [5.41, 5.74) is 1.92. The van der Waals surface area contributed by atoms with Gasteiger partial charge in [-0.25, -0.2) is 4.79 Å². The number of aromatic carboxylic acids is 1. The first-order chi connectivity index (χ1) is 9.00. The van der Waals surface area contributed by atoms with Crippen LogP contribution >= 0.6 is 0 Å². The van der Waals surface area contributed by atoms with Crippen LogP contribution in [0.5, 0.6) is 0 Å². The summed E-state index contributed by atoms with van der Waals surface area (Å²) >= 11 is 0. The molecule has 1 saturated carbocycles. The Balaban J connectivity index is 2.32. The van der Waals surface area contributed by atoms with Crippen LogP contribution in [0.4, 0.5) is 5.69 Å². The number of carboxylic acid groups (broad SMARTS) is 1. The SMILES string of the molecule is Cc1ccc(N(C)C2CCCCC2O)c(C(=O)O)c1. The quantitative estimate of drug-likeness (QED) is 0.879. The fourth-order valence-electron chi connectivity index (χ4n) is 2.85. The van der Waals surface area contributed by atoms with E-state index in [1.54, 1.807) is 6.07 Å². The van der Waals surface area contributed by atoms with E-state index in [1.165, 1.54) is 0 Å². The molecule has 2 atom stereocenters. The van der Waals surface area contributed by atoms with Crippen molar-refractivity contribution in [3.8, 4) is 0 Å². The van der Waals surface area contributed by atoms with E-state index in [1.807, 2.05) is 31.0 Å². The molecule has 4 nitrogen and oxygen atoms in total.